The summed E-state index contributed by atoms with van der Waals surface area (Å²) in [7, 11) is 0. The molecule has 2 aromatic rings. The number of thioether (sulfide) groups is 2. The molecule has 0 radical (unpaired) electrons. The fourth-order valence-electron chi connectivity index (χ4n) is 1.92. The van der Waals surface area contributed by atoms with E-state index in [1.54, 1.807) is 0 Å². The van der Waals surface area contributed by atoms with Crippen LogP contribution in [-0.4, -0.2) is 34.2 Å². The second kappa shape index (κ2) is 7.34. The number of rotatable bonds is 5. The van der Waals surface area contributed by atoms with Crippen LogP contribution in [0.4, 0.5) is 5.13 Å². The lowest BCUT2D eigenvalue weighted by Gasteiger charge is -2.10. The molecule has 1 aromatic carbocycles. The van der Waals surface area contributed by atoms with Gasteiger partial charge in [-0.2, -0.15) is 0 Å². The third kappa shape index (κ3) is 4.15. The number of nitrogens with zero attached hydrogens (tertiary/aromatic N) is 2. The molecule has 0 aliphatic carbocycles. The fraction of sp³-hybridized carbons (Fsp3) is 0.357. The summed E-state index contributed by atoms with van der Waals surface area (Å²) in [6, 6.07) is 7.96. The van der Waals surface area contributed by atoms with Crippen LogP contribution in [0.25, 0.3) is 0 Å². The molecule has 1 aromatic heterocycles. The van der Waals surface area contributed by atoms with Gasteiger partial charge in [-0.05, 0) is 24.6 Å². The number of hydrogen-bond acceptors (Lipinski definition) is 7. The van der Waals surface area contributed by atoms with E-state index < -0.39 is 0 Å². The smallest absolute Gasteiger partial charge is 0.264 e. The molecule has 3 rings (SSSR count). The quantitative estimate of drug-likeness (QED) is 0.889. The van der Waals surface area contributed by atoms with Gasteiger partial charge in [0.1, 0.15) is 10.8 Å². The molecule has 1 amide bonds. The minimum atomic E-state index is -0.234. The molecule has 0 spiro atoms. The molecule has 0 unspecified atom stereocenters. The van der Waals surface area contributed by atoms with E-state index in [4.69, 9.17) is 4.74 Å². The first kappa shape index (κ1) is 15.6. The summed E-state index contributed by atoms with van der Waals surface area (Å²) >= 11 is 5.28. The Morgan fingerprint density at radius 3 is 2.64 bits per heavy atom. The molecule has 1 fully saturated rings. The van der Waals surface area contributed by atoms with Gasteiger partial charge >= 0.3 is 0 Å². The SMILES string of the molecule is Cc1nnc(NC(=O)COc2ccc(C3SCCS3)cc2)s1. The maximum absolute atomic E-state index is 11.8. The van der Waals surface area contributed by atoms with E-state index >= 15 is 0 Å². The van der Waals surface area contributed by atoms with Crippen molar-refractivity contribution in [3.05, 3.63) is 34.8 Å². The highest BCUT2D eigenvalue weighted by Gasteiger charge is 2.18. The van der Waals surface area contributed by atoms with Crippen molar-refractivity contribution in [3.8, 4) is 5.75 Å². The zero-order valence-corrected chi connectivity index (χ0v) is 14.4. The second-order valence-electron chi connectivity index (χ2n) is 4.61. The van der Waals surface area contributed by atoms with E-state index in [0.29, 0.717) is 15.5 Å². The Hall–Kier alpha value is -1.25. The number of nitrogens with one attached hydrogen (secondary N) is 1. The van der Waals surface area contributed by atoms with Crippen LogP contribution < -0.4 is 10.1 Å². The van der Waals surface area contributed by atoms with Gasteiger partial charge in [0.25, 0.3) is 5.91 Å². The average Bonchev–Trinajstić information content (AvgIpc) is 3.18. The zero-order chi connectivity index (χ0) is 15.4. The van der Waals surface area contributed by atoms with Crippen LogP contribution in [0.1, 0.15) is 15.2 Å². The van der Waals surface area contributed by atoms with Crippen molar-refractivity contribution in [2.75, 3.05) is 23.4 Å². The minimum Gasteiger partial charge on any atom is -0.484 e. The maximum atomic E-state index is 11.8. The number of carbonyl (C=O) groups excluding carboxylic acids is 1. The van der Waals surface area contributed by atoms with Crippen molar-refractivity contribution in [1.29, 1.82) is 0 Å². The largest absolute Gasteiger partial charge is 0.484 e. The van der Waals surface area contributed by atoms with Crippen LogP contribution in [0, 0.1) is 6.92 Å². The van der Waals surface area contributed by atoms with E-state index in [-0.39, 0.29) is 12.5 Å². The third-order valence-corrected chi connectivity index (χ3v) is 6.77. The normalized spacial score (nSPS) is 15.0. The molecule has 1 aliphatic rings. The van der Waals surface area contributed by atoms with Crippen LogP contribution >= 0.6 is 34.9 Å². The number of anilines is 1. The predicted molar refractivity (Wildman–Crippen MR) is 92.9 cm³/mol. The summed E-state index contributed by atoms with van der Waals surface area (Å²) in [5, 5.41) is 11.7. The Morgan fingerprint density at radius 1 is 1.27 bits per heavy atom. The molecule has 1 saturated heterocycles. The summed E-state index contributed by atoms with van der Waals surface area (Å²) in [5.74, 6) is 2.87. The summed E-state index contributed by atoms with van der Waals surface area (Å²) in [6.45, 7) is 1.80. The number of amides is 1. The second-order valence-corrected chi connectivity index (χ2v) is 8.51. The van der Waals surface area contributed by atoms with Crippen LogP contribution in [-0.2, 0) is 4.79 Å². The predicted octanol–water partition coefficient (Wildman–Crippen LogP) is 3.34. The monoisotopic (exact) mass is 353 g/mol. The summed E-state index contributed by atoms with van der Waals surface area (Å²) < 4.78 is 6.02. The van der Waals surface area contributed by atoms with Gasteiger partial charge in [-0.1, -0.05) is 23.5 Å². The number of aromatic nitrogens is 2. The van der Waals surface area contributed by atoms with Crippen molar-refractivity contribution in [3.63, 3.8) is 0 Å². The highest BCUT2D eigenvalue weighted by atomic mass is 32.2. The molecule has 0 atom stereocenters. The molecule has 1 aliphatic heterocycles. The Kier molecular flexibility index (Phi) is 5.22. The molecular formula is C14H15N3O2S3. The Labute approximate surface area is 141 Å². The molecule has 2 heterocycles. The summed E-state index contributed by atoms with van der Waals surface area (Å²) in [4.78, 5) is 11.8. The molecule has 8 heteroatoms. The number of carbonyl (C=O) groups is 1. The lowest BCUT2D eigenvalue weighted by molar-refractivity contribution is -0.118. The van der Waals surface area contributed by atoms with Gasteiger partial charge in [-0.3, -0.25) is 10.1 Å². The zero-order valence-electron chi connectivity index (χ0n) is 11.9. The van der Waals surface area contributed by atoms with Crippen molar-refractivity contribution in [1.82, 2.24) is 10.2 Å². The number of benzene rings is 1. The standard InChI is InChI=1S/C14H15N3O2S3/c1-9-16-17-14(22-9)15-12(18)8-19-11-4-2-10(3-5-11)13-20-6-7-21-13/h2-5,13H,6-8H2,1H3,(H,15,17,18). The van der Waals surface area contributed by atoms with Crippen molar-refractivity contribution >= 4 is 45.9 Å². The molecule has 0 bridgehead atoms. The van der Waals surface area contributed by atoms with Gasteiger partial charge in [0.15, 0.2) is 6.61 Å². The first-order valence-corrected chi connectivity index (χ1v) is 9.68. The van der Waals surface area contributed by atoms with Crippen molar-refractivity contribution in [2.45, 2.75) is 11.5 Å². The van der Waals surface area contributed by atoms with Crippen LogP contribution in [0.3, 0.4) is 0 Å². The fourth-order valence-corrected chi connectivity index (χ4v) is 5.39. The minimum absolute atomic E-state index is 0.0368. The lowest BCUT2D eigenvalue weighted by Crippen LogP contribution is -2.20. The Bertz CT molecular complexity index is 639. The van der Waals surface area contributed by atoms with Crippen molar-refractivity contribution < 1.29 is 9.53 Å². The first-order chi connectivity index (χ1) is 10.7. The van der Waals surface area contributed by atoms with E-state index in [9.17, 15) is 4.79 Å². The molecule has 5 nitrogen and oxygen atoms in total. The maximum Gasteiger partial charge on any atom is 0.264 e. The lowest BCUT2D eigenvalue weighted by atomic mass is 10.2. The van der Waals surface area contributed by atoms with Crippen LogP contribution in [0.2, 0.25) is 0 Å². The molecule has 22 heavy (non-hydrogen) atoms. The van der Waals surface area contributed by atoms with Gasteiger partial charge in [0.05, 0.1) is 4.58 Å². The van der Waals surface area contributed by atoms with Gasteiger partial charge in [0.2, 0.25) is 5.13 Å². The van der Waals surface area contributed by atoms with E-state index in [0.717, 1.165) is 5.01 Å². The van der Waals surface area contributed by atoms with E-state index in [1.165, 1.54) is 28.4 Å². The summed E-state index contributed by atoms with van der Waals surface area (Å²) in [6.07, 6.45) is 0. The first-order valence-electron chi connectivity index (χ1n) is 6.76. The molecule has 0 saturated carbocycles. The van der Waals surface area contributed by atoms with Crippen LogP contribution in [0.5, 0.6) is 5.75 Å². The molecule has 1 N–H and O–H groups in total. The van der Waals surface area contributed by atoms with Crippen molar-refractivity contribution in [2.24, 2.45) is 0 Å². The van der Waals surface area contributed by atoms with Gasteiger partial charge < -0.3 is 4.74 Å². The highest BCUT2D eigenvalue weighted by molar-refractivity contribution is 8.19. The number of aryl methyl sites for hydroxylation is 1. The van der Waals surface area contributed by atoms with E-state index in [1.807, 2.05) is 42.6 Å². The van der Waals surface area contributed by atoms with E-state index in [2.05, 4.69) is 27.6 Å². The molecular weight excluding hydrogens is 338 g/mol. The van der Waals surface area contributed by atoms with Gasteiger partial charge in [-0.15, -0.1) is 33.7 Å². The topological polar surface area (TPSA) is 64.1 Å². The average molecular weight is 353 g/mol. The van der Waals surface area contributed by atoms with Gasteiger partial charge in [-0.25, -0.2) is 0 Å². The molecule has 116 valence electrons. The number of ether oxygens (including phenoxy) is 1. The summed E-state index contributed by atoms with van der Waals surface area (Å²) in [5.41, 5.74) is 1.30. The number of hydrogen-bond donors (Lipinski definition) is 1. The Morgan fingerprint density at radius 2 is 2.00 bits per heavy atom. The highest BCUT2D eigenvalue weighted by Crippen LogP contribution is 2.45. The third-order valence-electron chi connectivity index (χ3n) is 2.92. The van der Waals surface area contributed by atoms with Gasteiger partial charge in [0, 0.05) is 11.5 Å². The van der Waals surface area contributed by atoms with Crippen LogP contribution in [0.15, 0.2) is 24.3 Å². The Balaban J connectivity index is 1.49.